The van der Waals surface area contributed by atoms with Gasteiger partial charge in [0, 0.05) is 19.5 Å². The zero-order valence-electron chi connectivity index (χ0n) is 13.2. The summed E-state index contributed by atoms with van der Waals surface area (Å²) in [6.45, 7) is 2.76. The highest BCUT2D eigenvalue weighted by molar-refractivity contribution is 5.84. The van der Waals surface area contributed by atoms with Gasteiger partial charge in [0.25, 0.3) is 0 Å². The van der Waals surface area contributed by atoms with E-state index in [-0.39, 0.29) is 18.4 Å². The first-order valence-corrected chi connectivity index (χ1v) is 8.38. The number of hydrogen-bond acceptors (Lipinski definition) is 3. The summed E-state index contributed by atoms with van der Waals surface area (Å²) in [4.78, 5) is 25.7. The number of amides is 2. The van der Waals surface area contributed by atoms with Crippen LogP contribution in [-0.4, -0.2) is 49.9 Å². The van der Waals surface area contributed by atoms with Gasteiger partial charge in [0.1, 0.15) is 0 Å². The lowest BCUT2D eigenvalue weighted by Crippen LogP contribution is -2.39. The van der Waals surface area contributed by atoms with E-state index in [0.717, 1.165) is 38.4 Å². The van der Waals surface area contributed by atoms with Crippen LogP contribution < -0.4 is 10.6 Å². The van der Waals surface area contributed by atoms with Gasteiger partial charge < -0.3 is 15.5 Å². The third kappa shape index (κ3) is 5.30. The number of nitrogens with zero attached hydrogens (tertiary/aromatic N) is 1. The van der Waals surface area contributed by atoms with Crippen molar-refractivity contribution in [3.05, 3.63) is 0 Å². The van der Waals surface area contributed by atoms with Gasteiger partial charge in [-0.15, -0.1) is 0 Å². The van der Waals surface area contributed by atoms with Gasteiger partial charge in [-0.1, -0.05) is 25.7 Å². The molecule has 5 heteroatoms. The Morgan fingerprint density at radius 2 is 1.90 bits per heavy atom. The summed E-state index contributed by atoms with van der Waals surface area (Å²) in [5, 5.41) is 5.94. The smallest absolute Gasteiger partial charge is 0.241 e. The molecule has 2 amide bonds. The summed E-state index contributed by atoms with van der Waals surface area (Å²) in [5.41, 5.74) is 0. The largest absolute Gasteiger partial charge is 0.347 e. The van der Waals surface area contributed by atoms with Crippen LogP contribution in [0.5, 0.6) is 0 Å². The molecular weight excluding hydrogens is 266 g/mol. The van der Waals surface area contributed by atoms with Crippen LogP contribution in [0.2, 0.25) is 0 Å². The van der Waals surface area contributed by atoms with Crippen LogP contribution in [-0.2, 0) is 9.59 Å². The van der Waals surface area contributed by atoms with E-state index in [1.54, 1.807) is 0 Å². The van der Waals surface area contributed by atoms with Crippen LogP contribution in [0.4, 0.5) is 0 Å². The van der Waals surface area contributed by atoms with Crippen molar-refractivity contribution in [2.75, 3.05) is 33.2 Å². The zero-order valence-corrected chi connectivity index (χ0v) is 13.2. The lowest BCUT2D eigenvalue weighted by atomic mass is 10.0. The molecule has 1 heterocycles. The first kappa shape index (κ1) is 16.3. The van der Waals surface area contributed by atoms with Crippen LogP contribution in [0.1, 0.15) is 44.9 Å². The zero-order chi connectivity index (χ0) is 15.1. The second-order valence-corrected chi connectivity index (χ2v) is 6.52. The molecule has 0 bridgehead atoms. The van der Waals surface area contributed by atoms with Gasteiger partial charge in [0.2, 0.25) is 11.8 Å². The molecule has 0 aromatic heterocycles. The predicted octanol–water partition coefficient (Wildman–Crippen LogP) is 1.14. The first-order chi connectivity index (χ1) is 10.2. The average molecular weight is 295 g/mol. The number of carbonyl (C=O) groups excluding carboxylic acids is 2. The molecule has 2 aliphatic rings. The molecule has 5 nitrogen and oxygen atoms in total. The third-order valence-electron chi connectivity index (χ3n) is 4.82. The Morgan fingerprint density at radius 1 is 1.14 bits per heavy atom. The van der Waals surface area contributed by atoms with Crippen molar-refractivity contribution in [2.24, 2.45) is 11.8 Å². The highest BCUT2D eigenvalue weighted by Crippen LogP contribution is 2.28. The van der Waals surface area contributed by atoms with E-state index in [0.29, 0.717) is 12.3 Å². The van der Waals surface area contributed by atoms with E-state index in [1.165, 1.54) is 25.7 Å². The van der Waals surface area contributed by atoms with Crippen molar-refractivity contribution >= 4 is 11.8 Å². The highest BCUT2D eigenvalue weighted by Gasteiger charge is 2.25. The summed E-state index contributed by atoms with van der Waals surface area (Å²) >= 11 is 0. The van der Waals surface area contributed by atoms with Crippen LogP contribution in [0.25, 0.3) is 0 Å². The highest BCUT2D eigenvalue weighted by atomic mass is 16.2. The minimum atomic E-state index is 0.0289. The maximum absolute atomic E-state index is 12.1. The summed E-state index contributed by atoms with van der Waals surface area (Å²) in [5.74, 6) is 1.37. The Balaban J connectivity index is 1.58. The summed E-state index contributed by atoms with van der Waals surface area (Å²) in [6.07, 6.45) is 7.78. The summed E-state index contributed by atoms with van der Waals surface area (Å²) in [6, 6.07) is 0. The Labute approximate surface area is 127 Å². The molecule has 21 heavy (non-hydrogen) atoms. The molecular formula is C16H29N3O2. The van der Waals surface area contributed by atoms with Gasteiger partial charge in [-0.05, 0) is 38.3 Å². The fraction of sp³-hybridized carbons (Fsp3) is 0.875. The van der Waals surface area contributed by atoms with Crippen molar-refractivity contribution in [2.45, 2.75) is 44.9 Å². The fourth-order valence-corrected chi connectivity index (χ4v) is 3.52. The van der Waals surface area contributed by atoms with Crippen molar-refractivity contribution in [1.82, 2.24) is 15.5 Å². The van der Waals surface area contributed by atoms with Gasteiger partial charge in [-0.2, -0.15) is 0 Å². The summed E-state index contributed by atoms with van der Waals surface area (Å²) < 4.78 is 0. The van der Waals surface area contributed by atoms with Crippen molar-refractivity contribution in [3.8, 4) is 0 Å². The number of rotatable bonds is 7. The van der Waals surface area contributed by atoms with Crippen LogP contribution in [0.3, 0.4) is 0 Å². The monoisotopic (exact) mass is 295 g/mol. The molecule has 0 radical (unpaired) electrons. The molecule has 120 valence electrons. The predicted molar refractivity (Wildman–Crippen MR) is 82.8 cm³/mol. The lowest BCUT2D eigenvalue weighted by Gasteiger charge is -2.17. The Hall–Kier alpha value is -1.10. The number of hydrogen-bond donors (Lipinski definition) is 2. The molecule has 1 saturated heterocycles. The number of likely N-dealkylation sites (tertiary alicyclic amines) is 1. The normalized spacial score (nSPS) is 22.7. The molecule has 1 atom stereocenters. The Bertz CT molecular complexity index is 353. The SMILES string of the molecule is CNCC1CCN(C(=O)CNC(=O)CCC2CCCC2)C1. The molecule has 1 saturated carbocycles. The number of nitrogens with one attached hydrogen (secondary N) is 2. The van der Waals surface area contributed by atoms with Crippen molar-refractivity contribution in [1.29, 1.82) is 0 Å². The van der Waals surface area contributed by atoms with Crippen LogP contribution >= 0.6 is 0 Å². The quantitative estimate of drug-likeness (QED) is 0.740. The molecule has 2 fully saturated rings. The molecule has 1 aliphatic heterocycles. The van der Waals surface area contributed by atoms with E-state index in [4.69, 9.17) is 0 Å². The first-order valence-electron chi connectivity index (χ1n) is 8.38. The van der Waals surface area contributed by atoms with E-state index in [2.05, 4.69) is 10.6 Å². The van der Waals surface area contributed by atoms with E-state index < -0.39 is 0 Å². The van der Waals surface area contributed by atoms with Gasteiger partial charge in [0.05, 0.1) is 6.54 Å². The van der Waals surface area contributed by atoms with E-state index >= 15 is 0 Å². The standard InChI is InChI=1S/C16H29N3O2/c1-17-10-14-8-9-19(12-14)16(21)11-18-15(20)7-6-13-4-2-3-5-13/h13-14,17H,2-12H2,1H3,(H,18,20). The van der Waals surface area contributed by atoms with Crippen LogP contribution in [0.15, 0.2) is 0 Å². The van der Waals surface area contributed by atoms with E-state index in [9.17, 15) is 9.59 Å². The fourth-order valence-electron chi connectivity index (χ4n) is 3.52. The van der Waals surface area contributed by atoms with Crippen LogP contribution in [0, 0.1) is 11.8 Å². The Kier molecular flexibility index (Phi) is 6.49. The maximum Gasteiger partial charge on any atom is 0.241 e. The molecule has 0 aromatic rings. The third-order valence-corrected chi connectivity index (χ3v) is 4.82. The average Bonchev–Trinajstić information content (AvgIpc) is 3.14. The van der Waals surface area contributed by atoms with Gasteiger partial charge in [0.15, 0.2) is 0 Å². The molecule has 0 spiro atoms. The van der Waals surface area contributed by atoms with Gasteiger partial charge >= 0.3 is 0 Å². The van der Waals surface area contributed by atoms with Crippen molar-refractivity contribution < 1.29 is 9.59 Å². The second kappa shape index (κ2) is 8.37. The molecule has 0 aromatic carbocycles. The maximum atomic E-state index is 12.1. The minimum Gasteiger partial charge on any atom is -0.347 e. The van der Waals surface area contributed by atoms with Gasteiger partial charge in [-0.3, -0.25) is 9.59 Å². The van der Waals surface area contributed by atoms with Crippen molar-refractivity contribution in [3.63, 3.8) is 0 Å². The van der Waals surface area contributed by atoms with E-state index in [1.807, 2.05) is 11.9 Å². The second-order valence-electron chi connectivity index (χ2n) is 6.52. The molecule has 1 aliphatic carbocycles. The molecule has 2 N–H and O–H groups in total. The lowest BCUT2D eigenvalue weighted by molar-refractivity contribution is -0.132. The Morgan fingerprint density at radius 3 is 2.62 bits per heavy atom. The topological polar surface area (TPSA) is 61.4 Å². The van der Waals surface area contributed by atoms with Gasteiger partial charge in [-0.25, -0.2) is 0 Å². The molecule has 1 unspecified atom stereocenters. The summed E-state index contributed by atoms with van der Waals surface area (Å²) in [7, 11) is 1.94. The minimum absolute atomic E-state index is 0.0289. The molecule has 2 rings (SSSR count). The number of carbonyl (C=O) groups is 2.